The summed E-state index contributed by atoms with van der Waals surface area (Å²) in [6, 6.07) is 0.406. The van der Waals surface area contributed by atoms with Crippen molar-refractivity contribution in [3.63, 3.8) is 0 Å². The molecule has 2 unspecified atom stereocenters. The van der Waals surface area contributed by atoms with Crippen LogP contribution in [0.5, 0.6) is 0 Å². The number of hydrogen-bond donors (Lipinski definition) is 2. The lowest BCUT2D eigenvalue weighted by molar-refractivity contribution is -0.132. The van der Waals surface area contributed by atoms with Gasteiger partial charge in [0, 0.05) is 19.1 Å². The molecule has 0 radical (unpaired) electrons. The summed E-state index contributed by atoms with van der Waals surface area (Å²) in [5, 5.41) is 11.4. The second-order valence-corrected chi connectivity index (χ2v) is 4.44. The quantitative estimate of drug-likeness (QED) is 0.296. The first-order valence-corrected chi connectivity index (χ1v) is 5.40. The van der Waals surface area contributed by atoms with Crippen LogP contribution in [0.1, 0.15) is 13.3 Å². The molecule has 6 nitrogen and oxygen atoms in total. The van der Waals surface area contributed by atoms with Crippen molar-refractivity contribution in [3.05, 3.63) is 0 Å². The van der Waals surface area contributed by atoms with Gasteiger partial charge in [-0.3, -0.25) is 4.79 Å². The average Bonchev–Trinajstić information content (AvgIpc) is 2.75. The Labute approximate surface area is 95.7 Å². The summed E-state index contributed by atoms with van der Waals surface area (Å²) in [5.74, 6) is -0.649. The summed E-state index contributed by atoms with van der Waals surface area (Å²) in [6.07, 6.45) is 0.974. The van der Waals surface area contributed by atoms with Gasteiger partial charge in [-0.25, -0.2) is 0 Å². The van der Waals surface area contributed by atoms with Gasteiger partial charge >= 0.3 is 0 Å². The maximum absolute atomic E-state index is 11.9. The molecule has 0 bridgehead atoms. The average molecular weight is 228 g/mol. The van der Waals surface area contributed by atoms with Crippen LogP contribution < -0.4 is 5.73 Å². The molecule has 0 aromatic rings. The van der Waals surface area contributed by atoms with E-state index in [1.807, 2.05) is 14.1 Å². The normalized spacial score (nSPS) is 23.9. The fraction of sp³-hybridized carbons (Fsp3) is 0.800. The molecule has 0 spiro atoms. The predicted octanol–water partition coefficient (Wildman–Crippen LogP) is -0.469. The lowest BCUT2D eigenvalue weighted by Gasteiger charge is -2.22. The highest BCUT2D eigenvalue weighted by atomic mass is 16.4. The summed E-state index contributed by atoms with van der Waals surface area (Å²) in [5.41, 5.74) is 5.42. The van der Waals surface area contributed by atoms with Crippen molar-refractivity contribution >= 4 is 11.7 Å². The van der Waals surface area contributed by atoms with E-state index in [0.717, 1.165) is 19.5 Å². The van der Waals surface area contributed by atoms with Crippen LogP contribution in [-0.4, -0.2) is 60.0 Å². The lowest BCUT2D eigenvalue weighted by atomic mass is 10.1. The Hall–Kier alpha value is -1.30. The first kappa shape index (κ1) is 12.8. The Morgan fingerprint density at radius 2 is 2.25 bits per heavy atom. The van der Waals surface area contributed by atoms with Gasteiger partial charge in [0.1, 0.15) is 0 Å². The third-order valence-electron chi connectivity index (χ3n) is 3.13. The zero-order chi connectivity index (χ0) is 12.3. The Kier molecular flexibility index (Phi) is 4.12. The van der Waals surface area contributed by atoms with Crippen LogP contribution in [0.4, 0.5) is 0 Å². The molecular formula is C10H20N4O2. The Morgan fingerprint density at radius 3 is 2.69 bits per heavy atom. The highest BCUT2D eigenvalue weighted by molar-refractivity contribution is 6.01. The van der Waals surface area contributed by atoms with E-state index in [-0.39, 0.29) is 11.7 Å². The number of nitrogens with two attached hydrogens (primary N) is 1. The minimum atomic E-state index is -0.550. The number of carbonyl (C=O) groups excluding carboxylic acids is 1. The number of oxime groups is 1. The topological polar surface area (TPSA) is 82.2 Å². The lowest BCUT2D eigenvalue weighted by Crippen LogP contribution is -2.41. The molecule has 16 heavy (non-hydrogen) atoms. The number of amidine groups is 1. The zero-order valence-corrected chi connectivity index (χ0v) is 10.1. The van der Waals surface area contributed by atoms with Crippen LogP contribution in [0.3, 0.4) is 0 Å². The smallest absolute Gasteiger partial charge is 0.233 e. The van der Waals surface area contributed by atoms with Crippen LogP contribution in [0, 0.1) is 5.92 Å². The van der Waals surface area contributed by atoms with Gasteiger partial charge in [0.2, 0.25) is 5.91 Å². The molecule has 1 amide bonds. The third kappa shape index (κ3) is 2.63. The Morgan fingerprint density at radius 1 is 1.62 bits per heavy atom. The standard InChI is InChI=1S/C10H20N4O2/c1-7(9(11)12-16)10(15)14-5-4-8(6-14)13(2)3/h7-8,16H,4-6H2,1-3H3,(H2,11,12). The molecule has 2 atom stereocenters. The van der Waals surface area contributed by atoms with Gasteiger partial charge in [0.05, 0.1) is 5.92 Å². The van der Waals surface area contributed by atoms with Gasteiger partial charge in [0.25, 0.3) is 0 Å². The van der Waals surface area contributed by atoms with E-state index in [4.69, 9.17) is 10.9 Å². The molecule has 3 N–H and O–H groups in total. The SMILES string of the molecule is CC(C(=O)N1CCC(N(C)C)C1)C(N)=NO. The van der Waals surface area contributed by atoms with Gasteiger partial charge in [-0.05, 0) is 27.4 Å². The van der Waals surface area contributed by atoms with Gasteiger partial charge in [-0.2, -0.15) is 0 Å². The van der Waals surface area contributed by atoms with Crippen LogP contribution in [-0.2, 0) is 4.79 Å². The monoisotopic (exact) mass is 228 g/mol. The number of rotatable bonds is 3. The van der Waals surface area contributed by atoms with E-state index in [9.17, 15) is 4.79 Å². The molecule has 1 fully saturated rings. The van der Waals surface area contributed by atoms with Crippen LogP contribution >= 0.6 is 0 Å². The van der Waals surface area contributed by atoms with Crippen molar-refractivity contribution < 1.29 is 10.0 Å². The van der Waals surface area contributed by atoms with Gasteiger partial charge in [-0.15, -0.1) is 0 Å². The van der Waals surface area contributed by atoms with Gasteiger partial charge in [-0.1, -0.05) is 5.16 Å². The van der Waals surface area contributed by atoms with E-state index in [1.165, 1.54) is 0 Å². The molecule has 1 saturated heterocycles. The fourth-order valence-corrected chi connectivity index (χ4v) is 1.85. The van der Waals surface area contributed by atoms with Crippen molar-refractivity contribution in [2.45, 2.75) is 19.4 Å². The molecule has 1 heterocycles. The molecule has 0 saturated carbocycles. The number of likely N-dealkylation sites (N-methyl/N-ethyl adjacent to an activating group) is 1. The van der Waals surface area contributed by atoms with E-state index < -0.39 is 5.92 Å². The van der Waals surface area contributed by atoms with E-state index in [0.29, 0.717) is 6.04 Å². The number of carbonyl (C=O) groups is 1. The molecule has 6 heteroatoms. The maximum Gasteiger partial charge on any atom is 0.233 e. The summed E-state index contributed by atoms with van der Waals surface area (Å²) in [7, 11) is 4.01. The number of likely N-dealkylation sites (tertiary alicyclic amines) is 1. The minimum Gasteiger partial charge on any atom is -0.409 e. The summed E-state index contributed by atoms with van der Waals surface area (Å²) < 4.78 is 0. The van der Waals surface area contributed by atoms with Crippen molar-refractivity contribution in [3.8, 4) is 0 Å². The van der Waals surface area contributed by atoms with Crippen molar-refractivity contribution in [2.75, 3.05) is 27.2 Å². The molecule has 1 aliphatic rings. The largest absolute Gasteiger partial charge is 0.409 e. The third-order valence-corrected chi connectivity index (χ3v) is 3.13. The van der Waals surface area contributed by atoms with Crippen LogP contribution in [0.15, 0.2) is 5.16 Å². The predicted molar refractivity (Wildman–Crippen MR) is 61.2 cm³/mol. The zero-order valence-electron chi connectivity index (χ0n) is 10.1. The number of nitrogens with zero attached hydrogens (tertiary/aromatic N) is 3. The Balaban J connectivity index is 2.57. The van der Waals surface area contributed by atoms with E-state index in [2.05, 4.69) is 10.1 Å². The highest BCUT2D eigenvalue weighted by Crippen LogP contribution is 2.15. The molecule has 0 aliphatic carbocycles. The molecule has 92 valence electrons. The summed E-state index contributed by atoms with van der Waals surface area (Å²) in [4.78, 5) is 15.8. The minimum absolute atomic E-state index is 0.0293. The fourth-order valence-electron chi connectivity index (χ4n) is 1.85. The Bertz CT molecular complexity index is 291. The van der Waals surface area contributed by atoms with Gasteiger partial charge in [0.15, 0.2) is 5.84 Å². The second-order valence-electron chi connectivity index (χ2n) is 4.44. The first-order valence-electron chi connectivity index (χ1n) is 5.40. The van der Waals surface area contributed by atoms with Crippen molar-refractivity contribution in [1.82, 2.24) is 9.80 Å². The summed E-state index contributed by atoms with van der Waals surface area (Å²) >= 11 is 0. The highest BCUT2D eigenvalue weighted by Gasteiger charge is 2.31. The van der Waals surface area contributed by atoms with Crippen molar-refractivity contribution in [2.24, 2.45) is 16.8 Å². The number of hydrogen-bond acceptors (Lipinski definition) is 4. The molecule has 0 aromatic heterocycles. The molecule has 0 aromatic carbocycles. The summed E-state index contributed by atoms with van der Waals surface area (Å²) in [6.45, 7) is 3.11. The molecular weight excluding hydrogens is 208 g/mol. The first-order chi connectivity index (χ1) is 7.47. The maximum atomic E-state index is 11.9. The van der Waals surface area contributed by atoms with E-state index in [1.54, 1.807) is 11.8 Å². The van der Waals surface area contributed by atoms with Gasteiger partial charge < -0.3 is 20.7 Å². The molecule has 1 rings (SSSR count). The molecule has 1 aliphatic heterocycles. The van der Waals surface area contributed by atoms with Crippen LogP contribution in [0.2, 0.25) is 0 Å². The van der Waals surface area contributed by atoms with Crippen molar-refractivity contribution in [1.29, 1.82) is 0 Å². The second kappa shape index (κ2) is 5.16. The van der Waals surface area contributed by atoms with Crippen LogP contribution in [0.25, 0.3) is 0 Å². The number of amides is 1. The van der Waals surface area contributed by atoms with E-state index >= 15 is 0 Å².